The van der Waals surface area contributed by atoms with Crippen LogP contribution >= 0.6 is 0 Å². The highest BCUT2D eigenvalue weighted by Crippen LogP contribution is 2.16. The number of nitrogens with one attached hydrogen (secondary N) is 1. The van der Waals surface area contributed by atoms with Crippen molar-refractivity contribution in [3.05, 3.63) is 18.2 Å². The van der Waals surface area contributed by atoms with Gasteiger partial charge in [-0.15, -0.1) is 0 Å². The summed E-state index contributed by atoms with van der Waals surface area (Å²) in [6, 6.07) is 0.519. The fourth-order valence-corrected chi connectivity index (χ4v) is 1.57. The predicted molar refractivity (Wildman–Crippen MR) is 61.2 cm³/mol. The highest BCUT2D eigenvalue weighted by molar-refractivity contribution is 5.06. The van der Waals surface area contributed by atoms with E-state index in [0.29, 0.717) is 12.6 Å². The number of nitrogens with two attached hydrogens (primary N) is 1. The Balaban J connectivity index is 2.86. The smallest absolute Gasteiger partial charge is 0.0951 e. The molecule has 1 atom stereocenters. The molecule has 0 saturated carbocycles. The fourth-order valence-electron chi connectivity index (χ4n) is 1.57. The van der Waals surface area contributed by atoms with Gasteiger partial charge in [0.1, 0.15) is 0 Å². The predicted octanol–water partition coefficient (Wildman–Crippen LogP) is 0.530. The molecule has 5 nitrogen and oxygen atoms in total. The Kier molecular flexibility index (Phi) is 4.26. The SMILES string of the molecule is CC(C)n1cncc1C(CN)NN(C)C. The lowest BCUT2D eigenvalue weighted by Gasteiger charge is -2.24. The first kappa shape index (κ1) is 12.2. The second-order valence-electron chi connectivity index (χ2n) is 4.13. The minimum absolute atomic E-state index is 0.116. The third-order valence-electron chi connectivity index (χ3n) is 2.26. The molecule has 0 saturated heterocycles. The molecule has 1 aromatic rings. The Morgan fingerprint density at radius 3 is 2.67 bits per heavy atom. The lowest BCUT2D eigenvalue weighted by atomic mass is 10.2. The molecule has 15 heavy (non-hydrogen) atoms. The van der Waals surface area contributed by atoms with E-state index < -0.39 is 0 Å². The maximum absolute atomic E-state index is 5.75. The molecule has 3 N–H and O–H groups in total. The molecule has 0 amide bonds. The van der Waals surface area contributed by atoms with Gasteiger partial charge < -0.3 is 10.3 Å². The van der Waals surface area contributed by atoms with Crippen LogP contribution in [0.1, 0.15) is 31.6 Å². The van der Waals surface area contributed by atoms with Crippen LogP contribution < -0.4 is 11.2 Å². The van der Waals surface area contributed by atoms with Gasteiger partial charge in [0, 0.05) is 32.9 Å². The first-order chi connectivity index (χ1) is 7.06. The van der Waals surface area contributed by atoms with E-state index in [4.69, 9.17) is 5.73 Å². The van der Waals surface area contributed by atoms with Crippen LogP contribution in [0.3, 0.4) is 0 Å². The van der Waals surface area contributed by atoms with E-state index in [1.807, 2.05) is 31.6 Å². The van der Waals surface area contributed by atoms with E-state index >= 15 is 0 Å². The number of nitrogens with zero attached hydrogens (tertiary/aromatic N) is 3. The summed E-state index contributed by atoms with van der Waals surface area (Å²) in [5.74, 6) is 0. The molecule has 5 heteroatoms. The van der Waals surface area contributed by atoms with Crippen molar-refractivity contribution in [2.24, 2.45) is 5.73 Å². The second-order valence-corrected chi connectivity index (χ2v) is 4.13. The van der Waals surface area contributed by atoms with Gasteiger partial charge in [-0.05, 0) is 13.8 Å². The summed E-state index contributed by atoms with van der Waals surface area (Å²) in [7, 11) is 3.91. The van der Waals surface area contributed by atoms with Crippen LogP contribution in [0.15, 0.2) is 12.5 Å². The molecule has 1 rings (SSSR count). The largest absolute Gasteiger partial charge is 0.331 e. The average Bonchev–Trinajstić information content (AvgIpc) is 2.62. The minimum atomic E-state index is 0.116. The number of imidazole rings is 1. The molecule has 86 valence electrons. The van der Waals surface area contributed by atoms with Gasteiger partial charge in [0.2, 0.25) is 0 Å². The number of hydrogen-bond acceptors (Lipinski definition) is 4. The standard InChI is InChI=1S/C10H21N5/c1-8(2)15-7-12-6-10(15)9(5-11)13-14(3)4/h6-9,13H,5,11H2,1-4H3. The summed E-state index contributed by atoms with van der Waals surface area (Å²) < 4.78 is 2.13. The molecule has 1 aromatic heterocycles. The first-order valence-electron chi connectivity index (χ1n) is 5.21. The van der Waals surface area contributed by atoms with Gasteiger partial charge in [-0.1, -0.05) is 0 Å². The lowest BCUT2D eigenvalue weighted by molar-refractivity contribution is 0.239. The molecular formula is C10H21N5. The highest BCUT2D eigenvalue weighted by Gasteiger charge is 2.15. The summed E-state index contributed by atoms with van der Waals surface area (Å²) in [5, 5.41) is 1.91. The molecule has 1 heterocycles. The zero-order valence-corrected chi connectivity index (χ0v) is 9.94. The summed E-state index contributed by atoms with van der Waals surface area (Å²) in [5.41, 5.74) is 10.2. The van der Waals surface area contributed by atoms with Crippen LogP contribution in [0.5, 0.6) is 0 Å². The Labute approximate surface area is 91.2 Å². The molecule has 0 aromatic carbocycles. The summed E-state index contributed by atoms with van der Waals surface area (Å²) >= 11 is 0. The fraction of sp³-hybridized carbons (Fsp3) is 0.700. The molecule has 0 aliphatic rings. The third-order valence-corrected chi connectivity index (χ3v) is 2.26. The van der Waals surface area contributed by atoms with Crippen molar-refractivity contribution in [2.75, 3.05) is 20.6 Å². The molecule has 1 unspecified atom stereocenters. The monoisotopic (exact) mass is 211 g/mol. The summed E-state index contributed by atoms with van der Waals surface area (Å²) in [6.45, 7) is 4.82. The van der Waals surface area contributed by atoms with Gasteiger partial charge in [0.25, 0.3) is 0 Å². The van der Waals surface area contributed by atoms with Gasteiger partial charge in [0.15, 0.2) is 0 Å². The van der Waals surface area contributed by atoms with E-state index in [1.165, 1.54) is 0 Å². The van der Waals surface area contributed by atoms with Gasteiger partial charge in [-0.2, -0.15) is 0 Å². The average molecular weight is 211 g/mol. The van der Waals surface area contributed by atoms with Crippen LogP contribution in [0, 0.1) is 0 Å². The molecule has 0 aliphatic heterocycles. The number of hydrogen-bond donors (Lipinski definition) is 2. The van der Waals surface area contributed by atoms with Crippen molar-refractivity contribution in [3.8, 4) is 0 Å². The summed E-state index contributed by atoms with van der Waals surface area (Å²) in [6.07, 6.45) is 3.72. The van der Waals surface area contributed by atoms with E-state index in [0.717, 1.165) is 5.69 Å². The van der Waals surface area contributed by atoms with Crippen molar-refractivity contribution in [3.63, 3.8) is 0 Å². The number of hydrazine groups is 1. The van der Waals surface area contributed by atoms with Gasteiger partial charge >= 0.3 is 0 Å². The first-order valence-corrected chi connectivity index (χ1v) is 5.21. The van der Waals surface area contributed by atoms with Crippen LogP contribution in [-0.4, -0.2) is 35.2 Å². The molecule has 0 aliphatic carbocycles. The van der Waals surface area contributed by atoms with Gasteiger partial charge in [0.05, 0.1) is 18.1 Å². The number of rotatable bonds is 5. The quantitative estimate of drug-likeness (QED) is 0.698. The Morgan fingerprint density at radius 1 is 1.53 bits per heavy atom. The molecule has 0 spiro atoms. The van der Waals surface area contributed by atoms with E-state index in [2.05, 4.69) is 28.8 Å². The van der Waals surface area contributed by atoms with Gasteiger partial charge in [-0.3, -0.25) is 0 Å². The van der Waals surface area contributed by atoms with Crippen molar-refractivity contribution in [2.45, 2.75) is 25.9 Å². The van der Waals surface area contributed by atoms with E-state index in [1.54, 1.807) is 0 Å². The zero-order valence-electron chi connectivity index (χ0n) is 9.94. The van der Waals surface area contributed by atoms with Crippen LogP contribution in [0.25, 0.3) is 0 Å². The normalized spacial score (nSPS) is 13.8. The topological polar surface area (TPSA) is 59.1 Å². The van der Waals surface area contributed by atoms with E-state index in [9.17, 15) is 0 Å². The number of aromatic nitrogens is 2. The third kappa shape index (κ3) is 3.02. The maximum atomic E-state index is 5.75. The van der Waals surface area contributed by atoms with Crippen molar-refractivity contribution < 1.29 is 0 Å². The molecule has 0 bridgehead atoms. The van der Waals surface area contributed by atoms with Crippen LogP contribution in [0.4, 0.5) is 0 Å². The molecule has 0 fully saturated rings. The zero-order chi connectivity index (χ0) is 11.4. The summed E-state index contributed by atoms with van der Waals surface area (Å²) in [4.78, 5) is 4.17. The highest BCUT2D eigenvalue weighted by atomic mass is 15.5. The van der Waals surface area contributed by atoms with E-state index in [-0.39, 0.29) is 6.04 Å². The van der Waals surface area contributed by atoms with Crippen molar-refractivity contribution in [1.82, 2.24) is 20.0 Å². The maximum Gasteiger partial charge on any atom is 0.0951 e. The second kappa shape index (κ2) is 5.25. The van der Waals surface area contributed by atoms with Crippen molar-refractivity contribution >= 4 is 0 Å². The molecule has 0 radical (unpaired) electrons. The lowest BCUT2D eigenvalue weighted by Crippen LogP contribution is -2.39. The Morgan fingerprint density at radius 2 is 2.20 bits per heavy atom. The Hall–Kier alpha value is -0.910. The molecular weight excluding hydrogens is 190 g/mol. The minimum Gasteiger partial charge on any atom is -0.331 e. The van der Waals surface area contributed by atoms with Crippen LogP contribution in [-0.2, 0) is 0 Å². The van der Waals surface area contributed by atoms with Crippen LogP contribution in [0.2, 0.25) is 0 Å². The van der Waals surface area contributed by atoms with Gasteiger partial charge in [-0.25, -0.2) is 15.4 Å². The van der Waals surface area contributed by atoms with Crippen molar-refractivity contribution in [1.29, 1.82) is 0 Å². The Bertz CT molecular complexity index is 292.